The van der Waals surface area contributed by atoms with Crippen LogP contribution in [0.5, 0.6) is 0 Å². The number of carbonyl (C=O) groups excluding carboxylic acids is 3. The van der Waals surface area contributed by atoms with Crippen LogP contribution < -0.4 is 16.0 Å². The minimum absolute atomic E-state index is 0.0622. The highest BCUT2D eigenvalue weighted by molar-refractivity contribution is 7.09. The average molecular weight is 735 g/mol. The highest BCUT2D eigenvalue weighted by Crippen LogP contribution is 2.24. The number of nitrogens with one attached hydrogen (secondary N) is 3. The zero-order chi connectivity index (χ0) is 37.0. The predicted octanol–water partition coefficient (Wildman–Crippen LogP) is 6.30. The summed E-state index contributed by atoms with van der Waals surface area (Å²) in [5.41, 5.74) is 3.36. The Kier molecular flexibility index (Phi) is 14.5. The molecule has 0 spiro atoms. The van der Waals surface area contributed by atoms with E-state index >= 15 is 0 Å². The number of aliphatic hydroxyl groups excluding tert-OH is 1. The quantitative estimate of drug-likeness (QED) is 0.0997. The summed E-state index contributed by atoms with van der Waals surface area (Å²) in [6.45, 7) is 10.2. The molecule has 0 fully saturated rings. The zero-order valence-corrected chi connectivity index (χ0v) is 31.8. The molecule has 4 amide bonds. The van der Waals surface area contributed by atoms with Crippen molar-refractivity contribution in [2.24, 2.45) is 5.92 Å². The number of urea groups is 1. The van der Waals surface area contributed by atoms with Gasteiger partial charge in [-0.2, -0.15) is 0 Å². The zero-order valence-electron chi connectivity index (χ0n) is 30.2. The second kappa shape index (κ2) is 18.8. The lowest BCUT2D eigenvalue weighted by atomic mass is 9.83. The van der Waals surface area contributed by atoms with E-state index in [1.54, 1.807) is 30.1 Å². The minimum Gasteiger partial charge on any atom is -0.444 e. The maximum atomic E-state index is 14.1. The lowest BCUT2D eigenvalue weighted by Crippen LogP contribution is -2.60. The third kappa shape index (κ3) is 12.4. The Bertz CT molecular complexity index is 1670. The number of thiazole rings is 2. The maximum absolute atomic E-state index is 14.1. The minimum atomic E-state index is -1.08. The first-order chi connectivity index (χ1) is 24.3. The van der Waals surface area contributed by atoms with Gasteiger partial charge in [0.15, 0.2) is 0 Å². The van der Waals surface area contributed by atoms with Crippen LogP contribution in [0.3, 0.4) is 0 Å². The Morgan fingerprint density at radius 1 is 0.961 bits per heavy atom. The van der Waals surface area contributed by atoms with Gasteiger partial charge in [-0.15, -0.1) is 22.7 Å². The molecule has 2 aromatic heterocycles. The second-order valence-corrected chi connectivity index (χ2v) is 15.7. The van der Waals surface area contributed by atoms with E-state index in [1.807, 2.05) is 86.8 Å². The summed E-state index contributed by atoms with van der Waals surface area (Å²) < 4.78 is 5.45. The molecular weight excluding hydrogens is 685 g/mol. The molecular formula is C38H50N6O5S2. The number of amides is 4. The van der Waals surface area contributed by atoms with E-state index in [0.717, 1.165) is 26.7 Å². The summed E-state index contributed by atoms with van der Waals surface area (Å²) >= 11 is 2.95. The molecule has 4 aromatic rings. The summed E-state index contributed by atoms with van der Waals surface area (Å²) in [6.07, 6.45) is 0.720. The van der Waals surface area contributed by atoms with Gasteiger partial charge in [0, 0.05) is 30.1 Å². The molecule has 0 aliphatic carbocycles. The van der Waals surface area contributed by atoms with Gasteiger partial charge in [0.2, 0.25) is 5.91 Å². The molecule has 4 atom stereocenters. The van der Waals surface area contributed by atoms with Crippen LogP contribution in [0.25, 0.3) is 0 Å². The number of aromatic nitrogens is 2. The van der Waals surface area contributed by atoms with E-state index in [4.69, 9.17) is 4.74 Å². The summed E-state index contributed by atoms with van der Waals surface area (Å²) in [7, 11) is 1.68. The number of ether oxygens (including phenoxy) is 1. The van der Waals surface area contributed by atoms with Crippen LogP contribution in [0.4, 0.5) is 9.59 Å². The summed E-state index contributed by atoms with van der Waals surface area (Å²) in [5.74, 6) is -0.307. The largest absolute Gasteiger partial charge is 0.444 e. The van der Waals surface area contributed by atoms with Crippen LogP contribution >= 0.6 is 22.7 Å². The summed E-state index contributed by atoms with van der Waals surface area (Å²) in [5, 5.41) is 23.8. The third-order valence-electron chi connectivity index (χ3n) is 8.45. The predicted molar refractivity (Wildman–Crippen MR) is 202 cm³/mol. The SMILES string of the molecule is CC(C)c1nc(CN(C)C(=O)N[C@H](C(=O)N[C@@](C)(Cc2ccccc2)C[C@H](O)[C@H](Cc2ccccc2)NC(=O)OCc2cncs2)C(C)C)cs1. The molecule has 13 heteroatoms. The number of rotatable bonds is 17. The van der Waals surface area contributed by atoms with E-state index in [1.165, 1.54) is 16.2 Å². The first-order valence-electron chi connectivity index (χ1n) is 17.2. The topological polar surface area (TPSA) is 146 Å². The first-order valence-corrected chi connectivity index (χ1v) is 18.9. The second-order valence-electron chi connectivity index (χ2n) is 13.8. The molecule has 2 heterocycles. The lowest BCUT2D eigenvalue weighted by molar-refractivity contribution is -0.126. The number of carbonyl (C=O) groups is 3. The molecule has 0 saturated carbocycles. The van der Waals surface area contributed by atoms with Gasteiger partial charge in [0.1, 0.15) is 12.6 Å². The van der Waals surface area contributed by atoms with Crippen molar-refractivity contribution in [3.63, 3.8) is 0 Å². The number of hydrogen-bond donors (Lipinski definition) is 4. The Morgan fingerprint density at radius 2 is 1.63 bits per heavy atom. The molecule has 0 aliphatic rings. The van der Waals surface area contributed by atoms with Gasteiger partial charge < -0.3 is 30.7 Å². The van der Waals surface area contributed by atoms with Crippen molar-refractivity contribution in [2.45, 2.75) is 96.7 Å². The van der Waals surface area contributed by atoms with Crippen LogP contribution in [0.15, 0.2) is 77.8 Å². The van der Waals surface area contributed by atoms with Gasteiger partial charge in [0.25, 0.3) is 0 Å². The average Bonchev–Trinajstić information content (AvgIpc) is 3.79. The van der Waals surface area contributed by atoms with E-state index < -0.39 is 35.9 Å². The number of nitrogens with zero attached hydrogens (tertiary/aromatic N) is 3. The maximum Gasteiger partial charge on any atom is 0.407 e. The number of hydrogen-bond acceptors (Lipinski definition) is 9. The number of benzene rings is 2. The van der Waals surface area contributed by atoms with Gasteiger partial charge in [0.05, 0.1) is 39.8 Å². The third-order valence-corrected chi connectivity index (χ3v) is 10.4. The first kappa shape index (κ1) is 39.5. The van der Waals surface area contributed by atoms with Crippen LogP contribution in [0, 0.1) is 5.92 Å². The van der Waals surface area contributed by atoms with Crippen LogP contribution in [-0.4, -0.2) is 68.8 Å². The van der Waals surface area contributed by atoms with Crippen molar-refractivity contribution in [3.8, 4) is 0 Å². The molecule has 4 rings (SSSR count). The molecule has 0 aliphatic heterocycles. The smallest absolute Gasteiger partial charge is 0.407 e. The molecule has 0 saturated heterocycles. The van der Waals surface area contributed by atoms with Crippen molar-refractivity contribution >= 4 is 40.7 Å². The van der Waals surface area contributed by atoms with Gasteiger partial charge in [-0.25, -0.2) is 14.6 Å². The monoisotopic (exact) mass is 734 g/mol. The standard InChI is InChI=1S/C38H50N6O5S2/c1-25(2)33(42-36(47)44(6)21-29-23-50-35(40-29)26(3)4)34(46)43-38(5,18-28-15-11-8-12-16-28)19-32(45)31(17-27-13-9-7-10-14-27)41-37(48)49-22-30-20-39-24-51-30/h7-16,20,23-26,31-33,45H,17-19,21-22H2,1-6H3,(H,41,48)(H,42,47)(H,43,46)/t31-,32-,33-,38-/m0/s1. The number of aliphatic hydroxyl groups is 1. The van der Waals surface area contributed by atoms with E-state index in [9.17, 15) is 19.5 Å². The molecule has 0 radical (unpaired) electrons. The molecule has 51 heavy (non-hydrogen) atoms. The normalized spacial score (nSPS) is 14.3. The Morgan fingerprint density at radius 3 is 2.22 bits per heavy atom. The summed E-state index contributed by atoms with van der Waals surface area (Å²) in [6, 6.07) is 17.3. The molecule has 0 bridgehead atoms. The molecule has 11 nitrogen and oxygen atoms in total. The van der Waals surface area contributed by atoms with Crippen LogP contribution in [0.2, 0.25) is 0 Å². The highest BCUT2D eigenvalue weighted by atomic mass is 32.1. The molecule has 274 valence electrons. The van der Waals surface area contributed by atoms with E-state index in [0.29, 0.717) is 25.3 Å². The van der Waals surface area contributed by atoms with Gasteiger partial charge >= 0.3 is 12.1 Å². The fraction of sp³-hybridized carbons (Fsp3) is 0.447. The van der Waals surface area contributed by atoms with Crippen LogP contribution in [0.1, 0.15) is 73.7 Å². The van der Waals surface area contributed by atoms with Gasteiger partial charge in [-0.3, -0.25) is 9.78 Å². The fourth-order valence-electron chi connectivity index (χ4n) is 5.74. The Labute approximate surface area is 308 Å². The number of alkyl carbamates (subject to hydrolysis) is 1. The van der Waals surface area contributed by atoms with E-state index in [2.05, 4.69) is 39.8 Å². The highest BCUT2D eigenvalue weighted by Gasteiger charge is 2.37. The molecule has 4 N–H and O–H groups in total. The Balaban J connectivity index is 1.51. The van der Waals surface area contributed by atoms with Crippen molar-refractivity contribution < 1.29 is 24.2 Å². The van der Waals surface area contributed by atoms with Gasteiger partial charge in [-0.05, 0) is 43.2 Å². The van der Waals surface area contributed by atoms with Crippen molar-refractivity contribution in [2.75, 3.05) is 7.05 Å². The lowest BCUT2D eigenvalue weighted by Gasteiger charge is -2.37. The van der Waals surface area contributed by atoms with E-state index in [-0.39, 0.29) is 24.9 Å². The van der Waals surface area contributed by atoms with Crippen LogP contribution in [-0.2, 0) is 35.5 Å². The fourth-order valence-corrected chi connectivity index (χ4v) is 7.07. The van der Waals surface area contributed by atoms with Crippen molar-refractivity contribution in [1.82, 2.24) is 30.8 Å². The Hall–Kier alpha value is -4.33. The molecule has 2 aromatic carbocycles. The van der Waals surface area contributed by atoms with Crippen molar-refractivity contribution in [3.05, 3.63) is 104 Å². The molecule has 0 unspecified atom stereocenters. The van der Waals surface area contributed by atoms with Crippen molar-refractivity contribution in [1.29, 1.82) is 0 Å². The van der Waals surface area contributed by atoms with Gasteiger partial charge in [-0.1, -0.05) is 88.4 Å². The summed E-state index contributed by atoms with van der Waals surface area (Å²) in [4.78, 5) is 51.4.